The number of ether oxygens (including phenoxy) is 1. The molecule has 0 bridgehead atoms. The predicted octanol–water partition coefficient (Wildman–Crippen LogP) is 7.17. The number of aliphatic hydroxyl groups is 1. The van der Waals surface area contributed by atoms with Gasteiger partial charge in [-0.25, -0.2) is 4.98 Å². The van der Waals surface area contributed by atoms with Crippen LogP contribution in [0.15, 0.2) is 66.7 Å². The summed E-state index contributed by atoms with van der Waals surface area (Å²) in [6.07, 6.45) is 0.0775. The Hall–Kier alpha value is -3.63. The molecule has 3 aromatic carbocycles. The standard InChI is InChI=1S/C31H33NO3/c1-6-24(33)18-35-25-9-12-28(31(34)17-25)30-16-23(26-10-7-19(2)13-21(26)4)15-29(32-30)27-11-8-20(3)14-22(27)5/h7-17,24,33-34H,6,18H2,1-5H3. The number of aromatic nitrogens is 1. The minimum atomic E-state index is -0.534. The highest BCUT2D eigenvalue weighted by Gasteiger charge is 2.15. The molecule has 1 heterocycles. The molecule has 0 aliphatic carbocycles. The highest BCUT2D eigenvalue weighted by molar-refractivity contribution is 5.80. The van der Waals surface area contributed by atoms with Crippen LogP contribution in [0.25, 0.3) is 33.6 Å². The van der Waals surface area contributed by atoms with Gasteiger partial charge in [-0.3, -0.25) is 0 Å². The molecule has 180 valence electrons. The van der Waals surface area contributed by atoms with Crippen LogP contribution in [0.1, 0.15) is 35.6 Å². The molecule has 0 saturated heterocycles. The van der Waals surface area contributed by atoms with Gasteiger partial charge in [-0.2, -0.15) is 0 Å². The maximum absolute atomic E-state index is 10.9. The first-order valence-electron chi connectivity index (χ1n) is 12.1. The molecule has 0 amide bonds. The topological polar surface area (TPSA) is 62.6 Å². The van der Waals surface area contributed by atoms with Gasteiger partial charge in [0.2, 0.25) is 0 Å². The van der Waals surface area contributed by atoms with Crippen molar-refractivity contribution in [1.29, 1.82) is 0 Å². The van der Waals surface area contributed by atoms with Crippen molar-refractivity contribution in [3.8, 4) is 45.1 Å². The van der Waals surface area contributed by atoms with E-state index in [0.717, 1.165) is 27.9 Å². The number of aryl methyl sites for hydroxylation is 4. The molecule has 0 fully saturated rings. The quantitative estimate of drug-likeness (QED) is 0.302. The van der Waals surface area contributed by atoms with Gasteiger partial charge in [0.25, 0.3) is 0 Å². The molecule has 0 aliphatic heterocycles. The van der Waals surface area contributed by atoms with Crippen LogP contribution in [0.3, 0.4) is 0 Å². The number of hydrogen-bond acceptors (Lipinski definition) is 4. The van der Waals surface area contributed by atoms with E-state index in [9.17, 15) is 10.2 Å². The molecule has 0 saturated carbocycles. The zero-order valence-electron chi connectivity index (χ0n) is 21.1. The molecule has 0 spiro atoms. The molecule has 4 heteroatoms. The number of aromatic hydroxyl groups is 1. The van der Waals surface area contributed by atoms with Gasteiger partial charge in [-0.15, -0.1) is 0 Å². The van der Waals surface area contributed by atoms with Crippen LogP contribution >= 0.6 is 0 Å². The third-order valence-corrected chi connectivity index (χ3v) is 6.33. The molecule has 0 aliphatic rings. The first-order valence-corrected chi connectivity index (χ1v) is 12.1. The lowest BCUT2D eigenvalue weighted by molar-refractivity contribution is 0.104. The summed E-state index contributed by atoms with van der Waals surface area (Å²) in [5.74, 6) is 0.601. The summed E-state index contributed by atoms with van der Waals surface area (Å²) >= 11 is 0. The Morgan fingerprint density at radius 1 is 0.743 bits per heavy atom. The van der Waals surface area contributed by atoms with E-state index in [-0.39, 0.29) is 12.4 Å². The van der Waals surface area contributed by atoms with Gasteiger partial charge in [0.05, 0.1) is 17.5 Å². The maximum Gasteiger partial charge on any atom is 0.128 e. The largest absolute Gasteiger partial charge is 0.507 e. The van der Waals surface area contributed by atoms with E-state index in [1.165, 1.54) is 16.7 Å². The highest BCUT2D eigenvalue weighted by Crippen LogP contribution is 2.37. The van der Waals surface area contributed by atoms with Crippen molar-refractivity contribution < 1.29 is 14.9 Å². The van der Waals surface area contributed by atoms with E-state index < -0.39 is 6.10 Å². The number of phenols is 1. The van der Waals surface area contributed by atoms with Crippen molar-refractivity contribution in [3.05, 3.63) is 89.0 Å². The lowest BCUT2D eigenvalue weighted by Crippen LogP contribution is -2.15. The van der Waals surface area contributed by atoms with Gasteiger partial charge >= 0.3 is 0 Å². The maximum atomic E-state index is 10.9. The molecule has 4 nitrogen and oxygen atoms in total. The second kappa shape index (κ2) is 10.3. The summed E-state index contributed by atoms with van der Waals surface area (Å²) in [5, 5.41) is 20.7. The summed E-state index contributed by atoms with van der Waals surface area (Å²) in [7, 11) is 0. The second-order valence-electron chi connectivity index (χ2n) is 9.32. The summed E-state index contributed by atoms with van der Waals surface area (Å²) in [5.41, 5.74) is 10.2. The first-order chi connectivity index (χ1) is 16.7. The fourth-order valence-electron chi connectivity index (χ4n) is 4.33. The zero-order valence-corrected chi connectivity index (χ0v) is 21.1. The molecule has 1 atom stereocenters. The van der Waals surface area contributed by atoms with Crippen LogP contribution in [0.2, 0.25) is 0 Å². The van der Waals surface area contributed by atoms with Crippen LogP contribution < -0.4 is 4.74 Å². The minimum Gasteiger partial charge on any atom is -0.507 e. The fourth-order valence-corrected chi connectivity index (χ4v) is 4.33. The Bertz CT molecular complexity index is 1290. The molecular weight excluding hydrogens is 434 g/mol. The van der Waals surface area contributed by atoms with Crippen molar-refractivity contribution in [1.82, 2.24) is 4.98 Å². The monoisotopic (exact) mass is 467 g/mol. The average molecular weight is 468 g/mol. The van der Waals surface area contributed by atoms with Gasteiger partial charge in [-0.05, 0) is 80.6 Å². The summed E-state index contributed by atoms with van der Waals surface area (Å²) in [6.45, 7) is 10.5. The number of aliphatic hydroxyl groups excluding tert-OH is 1. The fraction of sp³-hybridized carbons (Fsp3) is 0.258. The summed E-state index contributed by atoms with van der Waals surface area (Å²) in [6, 6.07) is 22.2. The molecule has 1 aromatic heterocycles. The highest BCUT2D eigenvalue weighted by atomic mass is 16.5. The number of benzene rings is 3. The smallest absolute Gasteiger partial charge is 0.128 e. The van der Waals surface area contributed by atoms with E-state index in [2.05, 4.69) is 70.2 Å². The van der Waals surface area contributed by atoms with Crippen molar-refractivity contribution >= 4 is 0 Å². The van der Waals surface area contributed by atoms with Gasteiger partial charge in [-0.1, -0.05) is 54.4 Å². The SMILES string of the molecule is CCC(O)COc1ccc(-c2cc(-c3ccc(C)cc3C)cc(-c3ccc(C)cc3C)n2)c(O)c1. The Labute approximate surface area is 207 Å². The Kier molecular flexibility index (Phi) is 7.23. The lowest BCUT2D eigenvalue weighted by atomic mass is 9.94. The van der Waals surface area contributed by atoms with Crippen LogP contribution in [0, 0.1) is 27.7 Å². The van der Waals surface area contributed by atoms with E-state index >= 15 is 0 Å². The average Bonchev–Trinajstić information content (AvgIpc) is 2.82. The van der Waals surface area contributed by atoms with Gasteiger partial charge < -0.3 is 14.9 Å². The number of rotatable bonds is 7. The van der Waals surface area contributed by atoms with Crippen molar-refractivity contribution in [2.45, 2.75) is 47.1 Å². The normalized spacial score (nSPS) is 11.9. The first kappa shape index (κ1) is 24.5. The lowest BCUT2D eigenvalue weighted by Gasteiger charge is -2.15. The minimum absolute atomic E-state index is 0.0883. The Balaban J connectivity index is 1.83. The van der Waals surface area contributed by atoms with Crippen LogP contribution in [0.4, 0.5) is 0 Å². The Morgan fingerprint density at radius 3 is 1.89 bits per heavy atom. The third-order valence-electron chi connectivity index (χ3n) is 6.33. The second-order valence-corrected chi connectivity index (χ2v) is 9.32. The number of nitrogens with zero attached hydrogens (tertiary/aromatic N) is 1. The van der Waals surface area contributed by atoms with Crippen molar-refractivity contribution in [2.75, 3.05) is 6.61 Å². The van der Waals surface area contributed by atoms with Crippen molar-refractivity contribution in [2.24, 2.45) is 0 Å². The molecule has 1 unspecified atom stereocenters. The van der Waals surface area contributed by atoms with Crippen LogP contribution in [-0.4, -0.2) is 27.9 Å². The summed E-state index contributed by atoms with van der Waals surface area (Å²) < 4.78 is 5.64. The summed E-state index contributed by atoms with van der Waals surface area (Å²) in [4.78, 5) is 4.97. The third kappa shape index (κ3) is 5.55. The molecule has 35 heavy (non-hydrogen) atoms. The molecule has 0 radical (unpaired) electrons. The van der Waals surface area contributed by atoms with Gasteiger partial charge in [0.1, 0.15) is 18.1 Å². The van der Waals surface area contributed by atoms with E-state index in [0.29, 0.717) is 23.4 Å². The Morgan fingerprint density at radius 2 is 1.31 bits per heavy atom. The van der Waals surface area contributed by atoms with Crippen LogP contribution in [0.5, 0.6) is 11.5 Å². The van der Waals surface area contributed by atoms with Crippen molar-refractivity contribution in [3.63, 3.8) is 0 Å². The molecular formula is C31H33NO3. The molecule has 4 rings (SSSR count). The zero-order chi connectivity index (χ0) is 25.1. The predicted molar refractivity (Wildman–Crippen MR) is 143 cm³/mol. The van der Waals surface area contributed by atoms with E-state index in [1.807, 2.05) is 19.1 Å². The number of pyridine rings is 1. The molecule has 2 N–H and O–H groups in total. The van der Waals surface area contributed by atoms with Crippen LogP contribution in [-0.2, 0) is 0 Å². The number of phenolic OH excluding ortho intramolecular Hbond substituents is 1. The van der Waals surface area contributed by atoms with Gasteiger partial charge in [0.15, 0.2) is 0 Å². The molecule has 4 aromatic rings. The van der Waals surface area contributed by atoms with E-state index in [4.69, 9.17) is 9.72 Å². The van der Waals surface area contributed by atoms with Gasteiger partial charge in [0, 0.05) is 17.2 Å². The number of hydrogen-bond donors (Lipinski definition) is 2. The van der Waals surface area contributed by atoms with E-state index in [1.54, 1.807) is 12.1 Å².